The molecule has 0 radical (unpaired) electrons. The summed E-state index contributed by atoms with van der Waals surface area (Å²) in [7, 11) is 14.4. The van der Waals surface area contributed by atoms with Crippen LogP contribution in [0.15, 0.2) is 205 Å². The monoisotopic (exact) mass is 1830 g/mol. The maximum absolute atomic E-state index is 7.12. The van der Waals surface area contributed by atoms with E-state index in [0.717, 1.165) is 119 Å². The molecule has 23 rings (SSSR count). The van der Waals surface area contributed by atoms with Gasteiger partial charge < -0.3 is 74.0 Å². The van der Waals surface area contributed by atoms with E-state index in [-0.39, 0.29) is 42.7 Å². The molecule has 0 bridgehead atoms. The topological polar surface area (TPSA) is 80.2 Å². The highest BCUT2D eigenvalue weighted by atomic mass is 35.5. The van der Waals surface area contributed by atoms with Gasteiger partial charge in [0.05, 0.1) is 5.56 Å². The number of ether oxygens (including phenoxy) is 4. The molecule has 3 atom stereocenters. The predicted molar refractivity (Wildman–Crippen MR) is 525 cm³/mol. The van der Waals surface area contributed by atoms with Crippen molar-refractivity contribution in [3.8, 4) is 40.2 Å². The quantitative estimate of drug-likeness (QED) is 0.0807. The zero-order chi connectivity index (χ0) is 86.8. The molecule has 11 aromatic rings. The van der Waals surface area contributed by atoms with Crippen LogP contribution in [0.25, 0.3) is 11.1 Å². The molecule has 12 aliphatic rings. The third-order valence-electron chi connectivity index (χ3n) is 28.3. The number of rotatable bonds is 14. The molecule has 0 saturated heterocycles. The van der Waals surface area contributed by atoms with E-state index >= 15 is 0 Å². The Hall–Kier alpha value is -9.67. The van der Waals surface area contributed by atoms with Crippen LogP contribution in [0.2, 0.25) is 0 Å². The van der Waals surface area contributed by atoms with Crippen LogP contribution in [-0.2, 0) is 81.6 Å². The van der Waals surface area contributed by atoms with Crippen LogP contribution >= 0.6 is 46.4 Å². The molecular formula is C111H115Cl6N8O4-. The number of likely N-dealkylation sites (N-methyl/N-ethyl adjacent to an activating group) is 1. The minimum atomic E-state index is 0. The Bertz CT molecular complexity index is 6350. The van der Waals surface area contributed by atoms with Gasteiger partial charge in [-0.15, -0.1) is 46.4 Å². The Kier molecular flexibility index (Phi) is 26.9. The summed E-state index contributed by atoms with van der Waals surface area (Å²) in [5, 5.41) is 9.21. The Morgan fingerprint density at radius 3 is 1.50 bits per heavy atom. The third kappa shape index (κ3) is 17.1. The Morgan fingerprint density at radius 2 is 0.907 bits per heavy atom. The number of aryl methyl sites for hydroxylation is 4. The number of nitrogens with zero attached hydrogens (tertiary/aromatic N) is 6. The number of benzene rings is 11. The molecule has 129 heavy (non-hydrogen) atoms. The molecule has 11 aromatic carbocycles. The summed E-state index contributed by atoms with van der Waals surface area (Å²) in [6.07, 6.45) is 23.1. The number of nitrogens with one attached hydrogen (secondary N) is 2. The van der Waals surface area contributed by atoms with Crippen LogP contribution in [0.3, 0.4) is 0 Å². The molecule has 0 spiro atoms. The van der Waals surface area contributed by atoms with Gasteiger partial charge in [0.25, 0.3) is 0 Å². The van der Waals surface area contributed by atoms with E-state index in [9.17, 15) is 0 Å². The largest absolute Gasteiger partial charge is 1.00 e. The van der Waals surface area contributed by atoms with Crippen LogP contribution < -0.4 is 89.1 Å². The highest BCUT2D eigenvalue weighted by Gasteiger charge is 2.41. The summed E-state index contributed by atoms with van der Waals surface area (Å²) in [5.41, 5.74) is 40.4. The molecule has 11 heterocycles. The van der Waals surface area contributed by atoms with Gasteiger partial charge in [-0.2, -0.15) is 0 Å². The Labute approximate surface area is 794 Å². The summed E-state index contributed by atoms with van der Waals surface area (Å²) in [6.45, 7) is 12.1. The van der Waals surface area contributed by atoms with Crippen molar-refractivity contribution in [2.45, 2.75) is 151 Å². The van der Waals surface area contributed by atoms with Crippen molar-refractivity contribution >= 4 is 80.3 Å². The van der Waals surface area contributed by atoms with E-state index < -0.39 is 0 Å². The highest BCUT2D eigenvalue weighted by Crippen LogP contribution is 2.58. The molecule has 0 fully saturated rings. The highest BCUT2D eigenvalue weighted by molar-refractivity contribution is 6.18. The second-order valence-electron chi connectivity index (χ2n) is 36.9. The molecule has 2 N–H and O–H groups in total. The third-order valence-corrected chi connectivity index (χ3v) is 29.5. The molecule has 11 aliphatic heterocycles. The molecule has 12 nitrogen and oxygen atoms in total. The average molecular weight is 1840 g/mol. The molecular weight excluding hydrogens is 1720 g/mol. The van der Waals surface area contributed by atoms with Crippen molar-refractivity contribution < 1.29 is 43.8 Å². The van der Waals surface area contributed by atoms with Crippen LogP contribution in [0.5, 0.6) is 40.2 Å². The first-order valence-corrected chi connectivity index (χ1v) is 48.3. The first-order valence-electron chi connectivity index (χ1n) is 46.2. The lowest BCUT2D eigenvalue weighted by molar-refractivity contribution is -0.00100. The van der Waals surface area contributed by atoms with Crippen molar-refractivity contribution in [3.63, 3.8) is 0 Å². The van der Waals surface area contributed by atoms with Gasteiger partial charge >= 0.3 is 0 Å². The fourth-order valence-corrected chi connectivity index (χ4v) is 23.0. The summed E-state index contributed by atoms with van der Waals surface area (Å²) in [4.78, 5) is 12.0. The van der Waals surface area contributed by atoms with Gasteiger partial charge in [-0.3, -0.25) is 4.90 Å². The minimum absolute atomic E-state index is 0. The van der Waals surface area contributed by atoms with Crippen molar-refractivity contribution in [1.82, 2.24) is 20.1 Å². The van der Waals surface area contributed by atoms with Crippen molar-refractivity contribution in [1.29, 1.82) is 0 Å². The fourth-order valence-electron chi connectivity index (χ4n) is 22.3. The van der Waals surface area contributed by atoms with Crippen molar-refractivity contribution in [2.24, 2.45) is 0 Å². The van der Waals surface area contributed by atoms with Gasteiger partial charge in [-0.1, -0.05) is 140 Å². The van der Waals surface area contributed by atoms with Gasteiger partial charge in [0.1, 0.15) is 59.1 Å². The lowest BCUT2D eigenvalue weighted by Crippen LogP contribution is -3.00. The number of hydrogen-bond donors (Lipinski definition) is 2. The zero-order valence-corrected chi connectivity index (χ0v) is 79.9. The lowest BCUT2D eigenvalue weighted by Gasteiger charge is -2.41. The molecule has 666 valence electrons. The Morgan fingerprint density at radius 1 is 0.426 bits per heavy atom. The number of hydrogen-bond acceptors (Lipinski definition) is 11. The van der Waals surface area contributed by atoms with Gasteiger partial charge in [0, 0.05) is 228 Å². The average Bonchev–Trinajstić information content (AvgIpc) is 0.714. The van der Waals surface area contributed by atoms with Crippen LogP contribution in [0.1, 0.15) is 190 Å². The summed E-state index contributed by atoms with van der Waals surface area (Å²) in [5.74, 6) is 10.7. The molecule has 0 aromatic heterocycles. The van der Waals surface area contributed by atoms with Crippen LogP contribution in [-0.4, -0.2) is 106 Å². The van der Waals surface area contributed by atoms with Crippen molar-refractivity contribution in [3.05, 3.63) is 350 Å². The number of fused-ring (bicyclic) bond motifs is 13. The van der Waals surface area contributed by atoms with E-state index in [4.69, 9.17) is 65.4 Å². The van der Waals surface area contributed by atoms with E-state index in [1.165, 1.54) is 259 Å². The first-order chi connectivity index (χ1) is 62.1. The van der Waals surface area contributed by atoms with E-state index in [2.05, 4.69) is 262 Å². The lowest BCUT2D eigenvalue weighted by atomic mass is 9.76. The smallest absolute Gasteiger partial charge is 0.210 e. The van der Waals surface area contributed by atoms with Crippen molar-refractivity contribution in [2.75, 3.05) is 115 Å². The number of anilines is 4. The zero-order valence-electron chi connectivity index (χ0n) is 75.4. The summed E-state index contributed by atoms with van der Waals surface area (Å²) in [6, 6.07) is 64.6. The summed E-state index contributed by atoms with van der Waals surface area (Å²) >= 11 is 24.3. The number of halogens is 6. The van der Waals surface area contributed by atoms with Gasteiger partial charge in [0.2, 0.25) is 5.36 Å². The minimum Gasteiger partial charge on any atom is -1.00 e. The van der Waals surface area contributed by atoms with E-state index in [1.54, 1.807) is 0 Å². The maximum atomic E-state index is 7.12. The summed E-state index contributed by atoms with van der Waals surface area (Å²) < 4.78 is 29.6. The predicted octanol–water partition coefficient (Wildman–Crippen LogP) is 16.2. The SMILES string of the molecule is CNCc1ccc2c(c1)OC1=CC(N(C)C)C=CC1=C2c1ccc(CCl)cc1.CNCc1ccc2c(c1)Oc1cc(N(C)C)ccc1C2c1ccc(CCl)cc1.Cc1cc2c(c3c1N(C)CCC3)Oc1c(cc3c4c1CCCN4CCC3)C2c1ccc(CCl)cc1.ClCc1ccc(C2=c3cc4c5c(c3Oc3c2cc2c6c3CCCN6CCC2)CCC[N+]=5CCC4)cc1.[Cl-].[Cl-]. The van der Waals surface area contributed by atoms with Gasteiger partial charge in [0.15, 0.2) is 0 Å². The first kappa shape index (κ1) is 89.9. The molecule has 1 aliphatic carbocycles. The van der Waals surface area contributed by atoms with Gasteiger partial charge in [-0.25, -0.2) is 4.58 Å². The van der Waals surface area contributed by atoms with E-state index in [1.807, 2.05) is 28.2 Å². The molecule has 18 heteroatoms. The standard InChI is InChI=1S/C32H32ClN2O.C31H33ClN2O.2C24H25ClN2O.2ClH/c33-19-20-9-11-21(12-10-20)28-26-17-22-5-1-13-34-15-3-7-24(29(22)34)31(26)36-32-25-8-4-16-35-14-2-6-23(30(25)35)18-27(28)32;1-19-16-25-27(21-11-9-20(18-32)10-12-21)26-17-22-6-3-14-34-15-5-8-24(29(22)34)31(26)35-30(25)23-7-4-13-33(2)28(19)23;2*1-26-15-17-6-10-20-22(12-17)28-23-13-19(27(2)3)9-11-21(23)24(20)18-7-4-16(14-25)5-8-18;;/h9-12,17-18H,1-8,13-16,19H2;9-12,16-17,27H,3-8,13-15,18H2,1-2H3;4-13,24,26H,14-15H2,1-3H3;4-13,19,26H,14-15H2,1-3H3;2*1H/q+1;;;;;/p-2. The van der Waals surface area contributed by atoms with Gasteiger partial charge in [-0.05, 0) is 233 Å². The fraction of sp³-hybridized carbons (Fsp3) is 0.342. The van der Waals surface area contributed by atoms with Crippen LogP contribution in [0, 0.1) is 6.92 Å². The second-order valence-corrected chi connectivity index (χ2v) is 37.9. The number of allylic oxidation sites excluding steroid dienone is 1. The normalized spacial score (nSPS) is 17.9. The maximum Gasteiger partial charge on any atom is 0.210 e. The number of alkyl halides is 4. The van der Waals surface area contributed by atoms with E-state index in [0.29, 0.717) is 23.5 Å². The molecule has 0 saturated carbocycles. The van der Waals surface area contributed by atoms with Crippen LogP contribution in [0.4, 0.5) is 22.7 Å². The second kappa shape index (κ2) is 38.6. The molecule has 0 amide bonds. The Balaban J connectivity index is 0.000000116. The molecule has 3 unspecified atom stereocenters.